The summed E-state index contributed by atoms with van der Waals surface area (Å²) in [5.74, 6) is 0.745. The zero-order valence-corrected chi connectivity index (χ0v) is 17.1. The van der Waals surface area contributed by atoms with E-state index in [0.29, 0.717) is 16.6 Å². The van der Waals surface area contributed by atoms with Crippen LogP contribution in [0.5, 0.6) is 0 Å². The fourth-order valence-corrected chi connectivity index (χ4v) is 4.10. The monoisotopic (exact) mass is 430 g/mol. The zero-order chi connectivity index (χ0) is 21.2. The first-order valence-corrected chi connectivity index (χ1v) is 10.1. The molecular weight excluding hydrogens is 415 g/mol. The summed E-state index contributed by atoms with van der Waals surface area (Å²) in [5, 5.41) is 8.44. The Labute approximate surface area is 181 Å². The lowest BCUT2D eigenvalue weighted by atomic mass is 10.1. The maximum Gasteiger partial charge on any atom is 0.247 e. The molecule has 0 aliphatic carbocycles. The Hall–Kier alpha value is -3.85. The van der Waals surface area contributed by atoms with Crippen LogP contribution in [0.15, 0.2) is 87.9 Å². The maximum atomic E-state index is 14.3. The van der Waals surface area contributed by atoms with Gasteiger partial charge in [-0.05, 0) is 30.3 Å². The van der Waals surface area contributed by atoms with E-state index < -0.39 is 0 Å². The second kappa shape index (κ2) is 8.11. The summed E-state index contributed by atoms with van der Waals surface area (Å²) in [6.45, 7) is 0. The van der Waals surface area contributed by atoms with Gasteiger partial charge in [-0.15, -0.1) is 10.2 Å². The van der Waals surface area contributed by atoms with Crippen molar-refractivity contribution in [2.24, 2.45) is 7.05 Å². The lowest BCUT2D eigenvalue weighted by Gasteiger charge is -2.08. The highest BCUT2D eigenvalue weighted by Gasteiger charge is 2.20. The molecule has 0 spiro atoms. The first kappa shape index (κ1) is 19.1. The number of halogens is 1. The van der Waals surface area contributed by atoms with Crippen molar-refractivity contribution in [3.05, 3.63) is 79.3 Å². The van der Waals surface area contributed by atoms with Crippen LogP contribution >= 0.6 is 11.8 Å². The minimum atomic E-state index is -0.384. The van der Waals surface area contributed by atoms with Crippen molar-refractivity contribution in [3.8, 4) is 34.2 Å². The average Bonchev–Trinajstić information content (AvgIpc) is 3.45. The number of benzene rings is 1. The third-order valence-corrected chi connectivity index (χ3v) is 5.86. The fraction of sp³-hybridized carbons (Fsp3) is 0.0455. The number of aromatic nitrogens is 6. The lowest BCUT2D eigenvalue weighted by Crippen LogP contribution is -1.96. The van der Waals surface area contributed by atoms with Gasteiger partial charge in [-0.2, -0.15) is 0 Å². The van der Waals surface area contributed by atoms with Crippen LogP contribution in [0, 0.1) is 5.82 Å². The second-order valence-corrected chi connectivity index (χ2v) is 7.62. The van der Waals surface area contributed by atoms with Gasteiger partial charge >= 0.3 is 0 Å². The van der Waals surface area contributed by atoms with Gasteiger partial charge in [-0.1, -0.05) is 30.0 Å². The third-order valence-electron chi connectivity index (χ3n) is 4.64. The van der Waals surface area contributed by atoms with E-state index in [1.54, 1.807) is 18.5 Å². The van der Waals surface area contributed by atoms with Gasteiger partial charge in [-0.25, -0.2) is 9.37 Å². The first-order valence-electron chi connectivity index (χ1n) is 9.33. The van der Waals surface area contributed by atoms with Gasteiger partial charge in [-0.3, -0.25) is 9.97 Å². The zero-order valence-electron chi connectivity index (χ0n) is 16.3. The molecule has 0 aliphatic heterocycles. The van der Waals surface area contributed by atoms with Crippen LogP contribution < -0.4 is 0 Å². The van der Waals surface area contributed by atoms with Crippen molar-refractivity contribution < 1.29 is 8.81 Å². The SMILES string of the molecule is Cn1c(-c2ccccn2)nc(-c2ccc(-c3nnco3)cc2)c1Sc1ccncc1F. The molecule has 5 aromatic rings. The highest BCUT2D eigenvalue weighted by atomic mass is 32.2. The van der Waals surface area contributed by atoms with Crippen LogP contribution in [0.25, 0.3) is 34.2 Å². The van der Waals surface area contributed by atoms with E-state index >= 15 is 0 Å². The molecule has 0 saturated heterocycles. The molecule has 9 heteroatoms. The Morgan fingerprint density at radius 3 is 2.55 bits per heavy atom. The van der Waals surface area contributed by atoms with Crippen molar-refractivity contribution >= 4 is 11.8 Å². The summed E-state index contributed by atoms with van der Waals surface area (Å²) in [6.07, 6.45) is 5.79. The van der Waals surface area contributed by atoms with E-state index in [1.807, 2.05) is 54.1 Å². The van der Waals surface area contributed by atoms with Gasteiger partial charge in [0.05, 0.1) is 11.1 Å². The number of nitrogens with zero attached hydrogens (tertiary/aromatic N) is 6. The van der Waals surface area contributed by atoms with Crippen LogP contribution in [0.2, 0.25) is 0 Å². The Morgan fingerprint density at radius 2 is 1.84 bits per heavy atom. The summed E-state index contributed by atoms with van der Waals surface area (Å²) in [6, 6.07) is 14.9. The molecule has 0 radical (unpaired) electrons. The number of imidazole rings is 1. The molecule has 1 aromatic carbocycles. The summed E-state index contributed by atoms with van der Waals surface area (Å²) in [7, 11) is 1.90. The average molecular weight is 430 g/mol. The highest BCUT2D eigenvalue weighted by molar-refractivity contribution is 7.99. The lowest BCUT2D eigenvalue weighted by molar-refractivity contribution is 0.568. The molecule has 0 saturated carbocycles. The van der Waals surface area contributed by atoms with Crippen LogP contribution in [0.1, 0.15) is 0 Å². The quantitative estimate of drug-likeness (QED) is 0.393. The molecule has 0 aliphatic rings. The maximum absolute atomic E-state index is 14.3. The van der Waals surface area contributed by atoms with Crippen molar-refractivity contribution in [2.75, 3.05) is 0 Å². The molecule has 0 N–H and O–H groups in total. The van der Waals surface area contributed by atoms with E-state index in [1.165, 1.54) is 24.4 Å². The van der Waals surface area contributed by atoms with E-state index in [2.05, 4.69) is 20.2 Å². The largest absolute Gasteiger partial charge is 0.423 e. The Morgan fingerprint density at radius 1 is 1.00 bits per heavy atom. The van der Waals surface area contributed by atoms with Crippen LogP contribution in [-0.4, -0.2) is 29.7 Å². The number of hydrogen-bond acceptors (Lipinski definition) is 7. The van der Waals surface area contributed by atoms with E-state index in [0.717, 1.165) is 27.5 Å². The molecule has 5 rings (SSSR count). The van der Waals surface area contributed by atoms with Gasteiger partial charge < -0.3 is 8.98 Å². The van der Waals surface area contributed by atoms with E-state index in [9.17, 15) is 4.39 Å². The van der Waals surface area contributed by atoms with Gasteiger partial charge in [0.15, 0.2) is 11.6 Å². The standard InChI is InChI=1S/C22H15FN6OS/c1-29-20(17-4-2-3-10-25-17)27-19(22(29)31-18-9-11-24-12-16(18)23)14-5-7-15(8-6-14)21-28-26-13-30-21/h2-13H,1H3. The second-order valence-electron chi connectivity index (χ2n) is 6.59. The predicted molar refractivity (Wildman–Crippen MR) is 113 cm³/mol. The summed E-state index contributed by atoms with van der Waals surface area (Å²) < 4.78 is 21.5. The van der Waals surface area contributed by atoms with E-state index in [4.69, 9.17) is 9.40 Å². The Kier molecular flexibility index (Phi) is 5.01. The molecule has 31 heavy (non-hydrogen) atoms. The third kappa shape index (κ3) is 3.71. The van der Waals surface area contributed by atoms with Crippen molar-refractivity contribution in [1.29, 1.82) is 0 Å². The number of rotatable bonds is 5. The van der Waals surface area contributed by atoms with Crippen molar-refractivity contribution in [3.63, 3.8) is 0 Å². The van der Waals surface area contributed by atoms with Crippen LogP contribution in [0.3, 0.4) is 0 Å². The number of hydrogen-bond donors (Lipinski definition) is 0. The van der Waals surface area contributed by atoms with Crippen molar-refractivity contribution in [1.82, 2.24) is 29.7 Å². The molecule has 0 atom stereocenters. The minimum Gasteiger partial charge on any atom is -0.423 e. The highest BCUT2D eigenvalue weighted by Crippen LogP contribution is 2.39. The summed E-state index contributed by atoms with van der Waals surface area (Å²) >= 11 is 1.30. The Balaban J connectivity index is 1.62. The van der Waals surface area contributed by atoms with Gasteiger partial charge in [0.1, 0.15) is 16.4 Å². The topological polar surface area (TPSA) is 82.5 Å². The molecule has 0 unspecified atom stereocenters. The fourth-order valence-electron chi connectivity index (χ4n) is 3.13. The predicted octanol–water partition coefficient (Wildman–Crippen LogP) is 4.88. The van der Waals surface area contributed by atoms with Gasteiger partial charge in [0, 0.05) is 30.6 Å². The summed E-state index contributed by atoms with van der Waals surface area (Å²) in [5.41, 5.74) is 3.13. The molecule has 152 valence electrons. The normalized spacial score (nSPS) is 11.0. The van der Waals surface area contributed by atoms with E-state index in [-0.39, 0.29) is 5.82 Å². The Bertz CT molecular complexity index is 1320. The molecule has 0 bridgehead atoms. The molecule has 0 amide bonds. The van der Waals surface area contributed by atoms with Crippen molar-refractivity contribution in [2.45, 2.75) is 9.92 Å². The first-order chi connectivity index (χ1) is 15.2. The smallest absolute Gasteiger partial charge is 0.247 e. The summed E-state index contributed by atoms with van der Waals surface area (Å²) in [4.78, 5) is 13.6. The molecular formula is C22H15FN6OS. The van der Waals surface area contributed by atoms with Crippen LogP contribution in [-0.2, 0) is 7.05 Å². The van der Waals surface area contributed by atoms with Gasteiger partial charge in [0.25, 0.3) is 0 Å². The number of pyridine rings is 2. The molecule has 7 nitrogen and oxygen atoms in total. The van der Waals surface area contributed by atoms with Crippen LogP contribution in [0.4, 0.5) is 4.39 Å². The minimum absolute atomic E-state index is 0.384. The molecule has 4 heterocycles. The van der Waals surface area contributed by atoms with Gasteiger partial charge in [0.2, 0.25) is 12.3 Å². The molecule has 4 aromatic heterocycles. The molecule has 0 fully saturated rings.